The second-order valence-electron chi connectivity index (χ2n) is 9.76. The van der Waals surface area contributed by atoms with Crippen LogP contribution in [0.4, 0.5) is 4.39 Å². The number of aliphatic hydroxyl groups is 1. The number of aliphatic hydroxyl groups excluding tert-OH is 1. The van der Waals surface area contributed by atoms with Gasteiger partial charge in [-0.15, -0.1) is 0 Å². The fourth-order valence-corrected chi connectivity index (χ4v) is 5.53. The topological polar surface area (TPSA) is 184 Å². The molecule has 16 heteroatoms. The highest BCUT2D eigenvalue weighted by Gasteiger charge is 2.56. The number of nitrogens with zero attached hydrogens (tertiary/aromatic N) is 2. The standard InChI is InChI=1S/C25H30FN4O10P/c1-14(2)38-22(33)15(3)29-41(35,40-17-7-5-16(6-8-17)18-11-36-13-27-18)37-12-19-21(32)25(4,26)23(39-19)30-10-9-20(31)28-24(30)34/h5-11,13-15,19,21,23,32H,12H2,1-4H3,(H,29,35)(H,28,31,34)/t15-,19+,21+,23+,25+,41?/m0/s1. The van der Waals surface area contributed by atoms with E-state index in [1.54, 1.807) is 26.0 Å². The van der Waals surface area contributed by atoms with Crippen molar-refractivity contribution in [3.8, 4) is 17.0 Å². The summed E-state index contributed by atoms with van der Waals surface area (Å²) in [5.41, 5.74) is -2.94. The lowest BCUT2D eigenvalue weighted by atomic mass is 9.98. The molecule has 1 aromatic carbocycles. The first-order valence-electron chi connectivity index (χ1n) is 12.5. The minimum Gasteiger partial charge on any atom is -0.462 e. The van der Waals surface area contributed by atoms with Gasteiger partial charge in [-0.3, -0.25) is 23.7 Å². The summed E-state index contributed by atoms with van der Waals surface area (Å²) in [7, 11) is -4.41. The van der Waals surface area contributed by atoms with Crippen LogP contribution in [0.15, 0.2) is 63.2 Å². The number of nitrogens with one attached hydrogen (secondary N) is 2. The first-order valence-corrected chi connectivity index (χ1v) is 14.1. The number of halogens is 1. The average molecular weight is 597 g/mol. The molecule has 0 amide bonds. The second-order valence-corrected chi connectivity index (χ2v) is 11.5. The Labute approximate surface area is 233 Å². The molecule has 0 aliphatic carbocycles. The number of aromatic nitrogens is 3. The van der Waals surface area contributed by atoms with Crippen LogP contribution in [0, 0.1) is 0 Å². The Morgan fingerprint density at radius 2 is 1.98 bits per heavy atom. The molecule has 4 rings (SSSR count). The maximum atomic E-state index is 15.6. The zero-order valence-corrected chi connectivity index (χ0v) is 23.4. The van der Waals surface area contributed by atoms with E-state index < -0.39 is 67.8 Å². The number of alkyl halides is 1. The van der Waals surface area contributed by atoms with Crippen LogP contribution in [0.3, 0.4) is 0 Å². The molecule has 3 N–H and O–H groups in total. The zero-order chi connectivity index (χ0) is 29.9. The zero-order valence-electron chi connectivity index (χ0n) is 22.6. The summed E-state index contributed by atoms with van der Waals surface area (Å²) in [5.74, 6) is -0.654. The lowest BCUT2D eigenvalue weighted by Gasteiger charge is -2.25. The summed E-state index contributed by atoms with van der Waals surface area (Å²) >= 11 is 0. The molecule has 3 aromatic rings. The SMILES string of the molecule is CC(C)OC(=O)[C@H](C)NP(=O)(OC[C@H]1O[C@@H](n2ccc(=O)[nH]c2=O)[C@](C)(F)[C@@H]1O)Oc1ccc(-c2cocn2)cc1. The summed E-state index contributed by atoms with van der Waals surface area (Å²) in [6.45, 7) is 5.00. The number of oxazole rings is 1. The minimum absolute atomic E-state index is 0.0818. The van der Waals surface area contributed by atoms with Crippen LogP contribution < -0.4 is 20.9 Å². The van der Waals surface area contributed by atoms with E-state index in [1.807, 2.05) is 4.98 Å². The molecule has 1 fully saturated rings. The quantitative estimate of drug-likeness (QED) is 0.217. The van der Waals surface area contributed by atoms with Gasteiger partial charge < -0.3 is 23.5 Å². The van der Waals surface area contributed by atoms with Crippen molar-refractivity contribution in [1.82, 2.24) is 19.6 Å². The molecule has 0 saturated carbocycles. The van der Waals surface area contributed by atoms with E-state index in [4.69, 9.17) is 22.9 Å². The fraction of sp³-hybridized carbons (Fsp3) is 0.440. The lowest BCUT2D eigenvalue weighted by molar-refractivity contribution is -0.149. The maximum absolute atomic E-state index is 15.6. The summed E-state index contributed by atoms with van der Waals surface area (Å²) < 4.78 is 57.1. The van der Waals surface area contributed by atoms with E-state index in [1.165, 1.54) is 31.7 Å². The van der Waals surface area contributed by atoms with Crippen LogP contribution in [0.2, 0.25) is 0 Å². The van der Waals surface area contributed by atoms with Crippen molar-refractivity contribution in [2.45, 2.75) is 63.9 Å². The van der Waals surface area contributed by atoms with Gasteiger partial charge in [-0.25, -0.2) is 18.7 Å². The number of rotatable bonds is 11. The van der Waals surface area contributed by atoms with Crippen LogP contribution >= 0.6 is 7.75 Å². The van der Waals surface area contributed by atoms with Crippen molar-refractivity contribution in [3.05, 3.63) is 70.0 Å². The van der Waals surface area contributed by atoms with Crippen molar-refractivity contribution in [2.75, 3.05) is 6.61 Å². The van der Waals surface area contributed by atoms with Gasteiger partial charge in [-0.2, -0.15) is 5.09 Å². The van der Waals surface area contributed by atoms with Gasteiger partial charge >= 0.3 is 19.4 Å². The Kier molecular flexibility index (Phi) is 8.94. The largest absolute Gasteiger partial charge is 0.462 e. The highest BCUT2D eigenvalue weighted by Crippen LogP contribution is 2.47. The summed E-state index contributed by atoms with van der Waals surface area (Å²) in [4.78, 5) is 42.1. The van der Waals surface area contributed by atoms with E-state index in [0.717, 1.165) is 23.8 Å². The molecule has 1 aliphatic rings. The van der Waals surface area contributed by atoms with E-state index in [2.05, 4.69) is 10.1 Å². The Hall–Kier alpha value is -3.62. The van der Waals surface area contributed by atoms with Gasteiger partial charge in [0.15, 0.2) is 18.3 Å². The number of H-pyrrole nitrogens is 1. The molecule has 6 atom stereocenters. The van der Waals surface area contributed by atoms with Crippen LogP contribution in [0.1, 0.15) is 33.9 Å². The predicted octanol–water partition coefficient (Wildman–Crippen LogP) is 2.31. The lowest BCUT2D eigenvalue weighted by Crippen LogP contribution is -2.43. The van der Waals surface area contributed by atoms with E-state index in [-0.39, 0.29) is 5.75 Å². The molecule has 1 unspecified atom stereocenters. The number of hydrogen-bond donors (Lipinski definition) is 3. The molecule has 0 radical (unpaired) electrons. The molecule has 2 aromatic heterocycles. The average Bonchev–Trinajstić information content (AvgIpc) is 3.51. The Morgan fingerprint density at radius 1 is 1.27 bits per heavy atom. The molecule has 1 saturated heterocycles. The highest BCUT2D eigenvalue weighted by atomic mass is 31.2. The van der Waals surface area contributed by atoms with Crippen LogP contribution in [0.5, 0.6) is 5.75 Å². The number of aromatic amines is 1. The van der Waals surface area contributed by atoms with Gasteiger partial charge in [0.05, 0.1) is 12.7 Å². The first kappa shape index (κ1) is 30.3. The molecule has 14 nitrogen and oxygen atoms in total. The second kappa shape index (κ2) is 12.1. The third-order valence-electron chi connectivity index (χ3n) is 6.09. The number of esters is 1. The van der Waals surface area contributed by atoms with Crippen LogP contribution in [-0.4, -0.2) is 62.2 Å². The monoisotopic (exact) mass is 596 g/mol. The predicted molar refractivity (Wildman–Crippen MR) is 141 cm³/mol. The summed E-state index contributed by atoms with van der Waals surface area (Å²) in [5, 5.41) is 13.2. The van der Waals surface area contributed by atoms with Crippen molar-refractivity contribution in [2.24, 2.45) is 0 Å². The van der Waals surface area contributed by atoms with Crippen LogP contribution in [0.25, 0.3) is 11.3 Å². The van der Waals surface area contributed by atoms with Gasteiger partial charge in [0.1, 0.15) is 36.0 Å². The number of hydrogen-bond acceptors (Lipinski definition) is 11. The van der Waals surface area contributed by atoms with Gasteiger partial charge in [0.25, 0.3) is 5.56 Å². The summed E-state index contributed by atoms with van der Waals surface area (Å²) in [6.07, 6.45) is -1.64. The normalized spacial score (nSPS) is 24.6. The first-order chi connectivity index (χ1) is 19.3. The highest BCUT2D eigenvalue weighted by molar-refractivity contribution is 7.52. The molecule has 222 valence electrons. The van der Waals surface area contributed by atoms with E-state index in [0.29, 0.717) is 11.3 Å². The Bertz CT molecular complexity index is 1510. The van der Waals surface area contributed by atoms with Gasteiger partial charge in [-0.1, -0.05) is 0 Å². The number of ether oxygens (including phenoxy) is 2. The van der Waals surface area contributed by atoms with Crippen molar-refractivity contribution in [3.63, 3.8) is 0 Å². The third-order valence-corrected chi connectivity index (χ3v) is 7.74. The third kappa shape index (κ3) is 7.00. The molecule has 0 spiro atoms. The van der Waals surface area contributed by atoms with E-state index in [9.17, 15) is 24.1 Å². The molecule has 41 heavy (non-hydrogen) atoms. The fourth-order valence-electron chi connectivity index (χ4n) is 4.03. The number of benzene rings is 1. The van der Waals surface area contributed by atoms with Crippen molar-refractivity contribution < 1.29 is 41.8 Å². The molecule has 1 aliphatic heterocycles. The van der Waals surface area contributed by atoms with E-state index >= 15 is 4.39 Å². The molecular weight excluding hydrogens is 566 g/mol. The number of carbonyl (C=O) groups excluding carboxylic acids is 1. The van der Waals surface area contributed by atoms with Gasteiger partial charge in [0.2, 0.25) is 0 Å². The summed E-state index contributed by atoms with van der Waals surface area (Å²) in [6, 6.07) is 6.05. The molecular formula is C25H30FN4O10P. The Balaban J connectivity index is 1.54. The smallest absolute Gasteiger partial charge is 0.459 e. The molecule has 3 heterocycles. The van der Waals surface area contributed by atoms with Gasteiger partial charge in [0, 0.05) is 17.8 Å². The van der Waals surface area contributed by atoms with Crippen molar-refractivity contribution >= 4 is 13.7 Å². The maximum Gasteiger partial charge on any atom is 0.459 e. The van der Waals surface area contributed by atoms with Gasteiger partial charge in [-0.05, 0) is 52.0 Å². The number of carbonyl (C=O) groups is 1. The van der Waals surface area contributed by atoms with Crippen molar-refractivity contribution in [1.29, 1.82) is 0 Å². The van der Waals surface area contributed by atoms with Crippen LogP contribution in [-0.2, 0) is 23.4 Å². The minimum atomic E-state index is -4.41. The Morgan fingerprint density at radius 3 is 2.59 bits per heavy atom. The molecule has 0 bridgehead atoms.